The highest BCUT2D eigenvalue weighted by atomic mass is 16.5. The minimum absolute atomic E-state index is 0.0275. The van der Waals surface area contributed by atoms with Crippen molar-refractivity contribution in [3.05, 3.63) is 0 Å². The summed E-state index contributed by atoms with van der Waals surface area (Å²) in [5.74, 6) is 0.120. The fourth-order valence-corrected chi connectivity index (χ4v) is 2.48. The predicted octanol–water partition coefficient (Wildman–Crippen LogP) is 2.88. The van der Waals surface area contributed by atoms with E-state index in [0.29, 0.717) is 19.8 Å². The van der Waals surface area contributed by atoms with Crippen LogP contribution in [0.25, 0.3) is 0 Å². The Morgan fingerprint density at radius 3 is 2.15 bits per heavy atom. The number of ether oxygens (including phenoxy) is 2. The Morgan fingerprint density at radius 1 is 1.04 bits per heavy atom. The first kappa shape index (κ1) is 26.3. The lowest BCUT2D eigenvalue weighted by Gasteiger charge is -2.28. The second-order valence-electron chi connectivity index (χ2n) is 9.59. The highest BCUT2D eigenvalue weighted by molar-refractivity contribution is 5.81. The van der Waals surface area contributed by atoms with Crippen LogP contribution in [0.1, 0.15) is 74.7 Å². The maximum absolute atomic E-state index is 12.5. The first-order valence-corrected chi connectivity index (χ1v) is 10.3. The van der Waals surface area contributed by atoms with Gasteiger partial charge in [-0.3, -0.25) is 10.1 Å². The standard InChI is InChI=1S/C21H44N2O4/c1-16(2)26-15-18(23-20(3,4)5)19(25)22-12-10-9-11-17(13-24)14-27-21(6,7)8/h16-18,23-24H,9-15H2,1-8H3,(H,22,25)/t17?,18-/m0/s1. The Balaban J connectivity index is 4.21. The van der Waals surface area contributed by atoms with Gasteiger partial charge >= 0.3 is 0 Å². The fraction of sp³-hybridized carbons (Fsp3) is 0.952. The van der Waals surface area contributed by atoms with Crippen molar-refractivity contribution in [3.8, 4) is 0 Å². The molecule has 0 bridgehead atoms. The van der Waals surface area contributed by atoms with Gasteiger partial charge in [0.2, 0.25) is 5.91 Å². The first-order chi connectivity index (χ1) is 12.3. The van der Waals surface area contributed by atoms with Crippen molar-refractivity contribution < 1.29 is 19.4 Å². The molecule has 2 atom stereocenters. The number of amides is 1. The van der Waals surface area contributed by atoms with Crippen LogP contribution >= 0.6 is 0 Å². The molecular weight excluding hydrogens is 344 g/mol. The molecule has 0 aromatic heterocycles. The summed E-state index contributed by atoms with van der Waals surface area (Å²) in [4.78, 5) is 12.5. The number of rotatable bonds is 13. The van der Waals surface area contributed by atoms with Gasteiger partial charge in [0.1, 0.15) is 6.04 Å². The van der Waals surface area contributed by atoms with Gasteiger partial charge in [0.15, 0.2) is 0 Å². The topological polar surface area (TPSA) is 79.8 Å². The Bertz CT molecular complexity index is 400. The van der Waals surface area contributed by atoms with E-state index in [1.54, 1.807) is 0 Å². The molecule has 0 aromatic carbocycles. The molecule has 0 rings (SSSR count). The molecule has 0 saturated carbocycles. The lowest BCUT2D eigenvalue weighted by molar-refractivity contribution is -0.125. The van der Waals surface area contributed by atoms with Crippen LogP contribution < -0.4 is 10.6 Å². The predicted molar refractivity (Wildman–Crippen MR) is 111 cm³/mol. The van der Waals surface area contributed by atoms with Crippen molar-refractivity contribution in [2.75, 3.05) is 26.4 Å². The summed E-state index contributed by atoms with van der Waals surface area (Å²) >= 11 is 0. The third-order valence-electron chi connectivity index (χ3n) is 3.87. The summed E-state index contributed by atoms with van der Waals surface area (Å²) < 4.78 is 11.4. The normalized spacial score (nSPS) is 15.0. The van der Waals surface area contributed by atoms with Gasteiger partial charge in [0.05, 0.1) is 24.9 Å². The van der Waals surface area contributed by atoms with Gasteiger partial charge in [-0.05, 0) is 68.2 Å². The Hall–Kier alpha value is -0.690. The largest absolute Gasteiger partial charge is 0.396 e. The van der Waals surface area contributed by atoms with Crippen molar-refractivity contribution in [2.45, 2.75) is 97.9 Å². The SMILES string of the molecule is CC(C)OC[C@H](NC(C)(C)C)C(=O)NCCCCC(CO)COC(C)(C)C. The molecule has 1 amide bonds. The van der Waals surface area contributed by atoms with Crippen molar-refractivity contribution >= 4 is 5.91 Å². The number of aliphatic hydroxyl groups excluding tert-OH is 1. The molecule has 0 spiro atoms. The van der Waals surface area contributed by atoms with E-state index >= 15 is 0 Å². The highest BCUT2D eigenvalue weighted by Gasteiger charge is 2.24. The van der Waals surface area contributed by atoms with Crippen LogP contribution in [0.15, 0.2) is 0 Å². The zero-order valence-electron chi connectivity index (χ0n) is 18.9. The summed E-state index contributed by atoms with van der Waals surface area (Å²) in [6, 6.07) is -0.363. The summed E-state index contributed by atoms with van der Waals surface area (Å²) in [5, 5.41) is 15.8. The van der Waals surface area contributed by atoms with E-state index < -0.39 is 0 Å². The fourth-order valence-electron chi connectivity index (χ4n) is 2.48. The lowest BCUT2D eigenvalue weighted by Crippen LogP contribution is -2.54. The highest BCUT2D eigenvalue weighted by Crippen LogP contribution is 2.14. The zero-order chi connectivity index (χ0) is 21.1. The smallest absolute Gasteiger partial charge is 0.239 e. The van der Waals surface area contributed by atoms with Crippen LogP contribution in [0, 0.1) is 5.92 Å². The number of hydrogen-bond donors (Lipinski definition) is 3. The Labute approximate surface area is 166 Å². The maximum atomic E-state index is 12.5. The molecule has 0 saturated heterocycles. The Morgan fingerprint density at radius 2 is 1.67 bits per heavy atom. The molecule has 162 valence electrons. The molecule has 27 heavy (non-hydrogen) atoms. The van der Waals surface area contributed by atoms with E-state index in [0.717, 1.165) is 19.3 Å². The molecular formula is C21H44N2O4. The maximum Gasteiger partial charge on any atom is 0.239 e. The van der Waals surface area contributed by atoms with E-state index in [1.165, 1.54) is 0 Å². The van der Waals surface area contributed by atoms with Crippen LogP contribution in [-0.4, -0.2) is 60.7 Å². The van der Waals surface area contributed by atoms with Crippen LogP contribution in [0.3, 0.4) is 0 Å². The van der Waals surface area contributed by atoms with Crippen LogP contribution in [-0.2, 0) is 14.3 Å². The molecule has 0 heterocycles. The van der Waals surface area contributed by atoms with E-state index in [-0.39, 0.29) is 41.7 Å². The van der Waals surface area contributed by atoms with Gasteiger partial charge in [-0.1, -0.05) is 6.42 Å². The van der Waals surface area contributed by atoms with Gasteiger partial charge in [0, 0.05) is 24.6 Å². The average molecular weight is 389 g/mol. The monoisotopic (exact) mass is 388 g/mol. The van der Waals surface area contributed by atoms with Crippen molar-refractivity contribution in [1.29, 1.82) is 0 Å². The lowest BCUT2D eigenvalue weighted by atomic mass is 10.0. The molecule has 1 unspecified atom stereocenters. The molecule has 6 heteroatoms. The van der Waals surface area contributed by atoms with E-state index in [2.05, 4.69) is 10.6 Å². The number of unbranched alkanes of at least 4 members (excludes halogenated alkanes) is 1. The summed E-state index contributed by atoms with van der Waals surface area (Å²) in [7, 11) is 0. The molecule has 0 aliphatic carbocycles. The van der Waals surface area contributed by atoms with Gasteiger partial charge in [0.25, 0.3) is 0 Å². The van der Waals surface area contributed by atoms with Crippen molar-refractivity contribution in [1.82, 2.24) is 10.6 Å². The number of carbonyl (C=O) groups excluding carboxylic acids is 1. The van der Waals surface area contributed by atoms with E-state index in [4.69, 9.17) is 9.47 Å². The molecule has 3 N–H and O–H groups in total. The second kappa shape index (κ2) is 12.7. The first-order valence-electron chi connectivity index (χ1n) is 10.3. The average Bonchev–Trinajstić information content (AvgIpc) is 2.51. The third kappa shape index (κ3) is 16.0. The van der Waals surface area contributed by atoms with Gasteiger partial charge in [-0.15, -0.1) is 0 Å². The van der Waals surface area contributed by atoms with Crippen LogP contribution in [0.4, 0.5) is 0 Å². The molecule has 0 aliphatic heterocycles. The van der Waals surface area contributed by atoms with Crippen molar-refractivity contribution in [2.24, 2.45) is 5.92 Å². The summed E-state index contributed by atoms with van der Waals surface area (Å²) in [6.07, 6.45) is 2.81. The summed E-state index contributed by atoms with van der Waals surface area (Å²) in [6.45, 7) is 17.8. The van der Waals surface area contributed by atoms with E-state index in [9.17, 15) is 9.90 Å². The molecule has 0 aliphatic rings. The molecule has 0 radical (unpaired) electrons. The third-order valence-corrected chi connectivity index (χ3v) is 3.87. The summed E-state index contributed by atoms with van der Waals surface area (Å²) in [5.41, 5.74) is -0.349. The minimum Gasteiger partial charge on any atom is -0.396 e. The van der Waals surface area contributed by atoms with Gasteiger partial charge < -0.3 is 19.9 Å². The number of hydrogen-bond acceptors (Lipinski definition) is 5. The van der Waals surface area contributed by atoms with Gasteiger partial charge in [-0.2, -0.15) is 0 Å². The number of carbonyl (C=O) groups is 1. The minimum atomic E-state index is -0.363. The second-order valence-corrected chi connectivity index (χ2v) is 9.59. The van der Waals surface area contributed by atoms with Crippen LogP contribution in [0.5, 0.6) is 0 Å². The van der Waals surface area contributed by atoms with Crippen molar-refractivity contribution in [3.63, 3.8) is 0 Å². The molecule has 0 fully saturated rings. The molecule has 0 aromatic rings. The van der Waals surface area contributed by atoms with Crippen LogP contribution in [0.2, 0.25) is 0 Å². The quantitative estimate of drug-likeness (QED) is 0.423. The number of nitrogens with one attached hydrogen (secondary N) is 2. The zero-order valence-corrected chi connectivity index (χ0v) is 18.9. The molecule has 6 nitrogen and oxygen atoms in total. The van der Waals surface area contributed by atoms with E-state index in [1.807, 2.05) is 55.4 Å². The Kier molecular flexibility index (Phi) is 12.4. The number of aliphatic hydroxyl groups is 1. The van der Waals surface area contributed by atoms with Gasteiger partial charge in [-0.25, -0.2) is 0 Å².